The third kappa shape index (κ3) is 2.18. The predicted molar refractivity (Wildman–Crippen MR) is 68.5 cm³/mol. The summed E-state index contributed by atoms with van der Waals surface area (Å²) in [7, 11) is 0. The average Bonchev–Trinajstić information content (AvgIpc) is 2.65. The Morgan fingerprint density at radius 2 is 2.19 bits per heavy atom. The maximum atomic E-state index is 11.9. The maximum Gasteiger partial charge on any atom is 0.267 e. The van der Waals surface area contributed by atoms with E-state index in [9.17, 15) is 4.79 Å². The van der Waals surface area contributed by atoms with Crippen LogP contribution in [-0.2, 0) is 6.54 Å². The van der Waals surface area contributed by atoms with E-state index in [1.165, 1.54) is 0 Å². The van der Waals surface area contributed by atoms with Crippen molar-refractivity contribution in [2.75, 3.05) is 0 Å². The van der Waals surface area contributed by atoms with E-state index in [1.807, 2.05) is 48.6 Å². The molecule has 0 atom stereocenters. The molecule has 2 heterocycles. The molecule has 0 aliphatic carbocycles. The Bertz CT molecular complexity index is 572. The van der Waals surface area contributed by atoms with Crippen molar-refractivity contribution < 1.29 is 4.42 Å². The zero-order valence-electron chi connectivity index (χ0n) is 9.03. The summed E-state index contributed by atoms with van der Waals surface area (Å²) in [5.74, 6) is 1.61. The van der Waals surface area contributed by atoms with E-state index >= 15 is 0 Å². The fraction of sp³-hybridized carbons (Fsp3) is 0.273. The van der Waals surface area contributed by atoms with Crippen LogP contribution in [0.4, 0.5) is 0 Å². The number of aromatic nitrogens is 2. The van der Waals surface area contributed by atoms with Gasteiger partial charge in [-0.15, -0.1) is 0 Å². The Hall–Kier alpha value is -1.11. The Morgan fingerprint density at radius 1 is 1.44 bits per heavy atom. The second-order valence-electron chi connectivity index (χ2n) is 3.59. The first kappa shape index (κ1) is 11.4. The summed E-state index contributed by atoms with van der Waals surface area (Å²) in [6.07, 6.45) is 1.55. The van der Waals surface area contributed by atoms with Gasteiger partial charge in [0, 0.05) is 0 Å². The Balaban J connectivity index is 2.36. The number of furan rings is 1. The van der Waals surface area contributed by atoms with Crippen molar-refractivity contribution >= 4 is 22.6 Å². The summed E-state index contributed by atoms with van der Waals surface area (Å²) in [4.78, 5) is 16.0. The molecule has 0 saturated carbocycles. The van der Waals surface area contributed by atoms with Crippen molar-refractivity contribution in [3.05, 3.63) is 49.6 Å². The smallest absolute Gasteiger partial charge is 0.267 e. The zero-order valence-corrected chi connectivity index (χ0v) is 11.2. The minimum absolute atomic E-state index is 0.0258. The lowest BCUT2D eigenvalue weighted by atomic mass is 10.4. The molecule has 0 bridgehead atoms. The molecule has 2 aromatic heterocycles. The third-order valence-corrected chi connectivity index (χ3v) is 3.52. The van der Waals surface area contributed by atoms with E-state index in [4.69, 9.17) is 4.42 Å². The summed E-state index contributed by atoms with van der Waals surface area (Å²) in [6, 6.07) is 3.75. The molecule has 0 spiro atoms. The number of rotatable bonds is 2. The van der Waals surface area contributed by atoms with E-state index in [0.29, 0.717) is 10.1 Å². The molecule has 16 heavy (non-hydrogen) atoms. The molecule has 2 rings (SSSR count). The van der Waals surface area contributed by atoms with Gasteiger partial charge in [0.1, 0.15) is 11.5 Å². The second-order valence-corrected chi connectivity index (χ2v) is 4.67. The third-order valence-electron chi connectivity index (χ3n) is 2.28. The molecule has 0 aromatic carbocycles. The lowest BCUT2D eigenvalue weighted by molar-refractivity contribution is 0.465. The number of halogens is 1. The molecule has 0 aliphatic rings. The van der Waals surface area contributed by atoms with E-state index in [1.54, 1.807) is 10.9 Å². The van der Waals surface area contributed by atoms with Crippen LogP contribution in [0.25, 0.3) is 0 Å². The fourth-order valence-corrected chi connectivity index (χ4v) is 1.85. The lowest BCUT2D eigenvalue weighted by Crippen LogP contribution is -2.24. The second kappa shape index (κ2) is 4.40. The monoisotopic (exact) mass is 330 g/mol. The summed E-state index contributed by atoms with van der Waals surface area (Å²) >= 11 is 2.02. The van der Waals surface area contributed by atoms with Crippen molar-refractivity contribution in [3.8, 4) is 0 Å². The van der Waals surface area contributed by atoms with Gasteiger partial charge in [0.05, 0.1) is 22.1 Å². The van der Waals surface area contributed by atoms with Crippen LogP contribution in [-0.4, -0.2) is 9.55 Å². The van der Waals surface area contributed by atoms with Crippen LogP contribution in [0.2, 0.25) is 0 Å². The fourth-order valence-electron chi connectivity index (χ4n) is 1.40. The van der Waals surface area contributed by atoms with Gasteiger partial charge < -0.3 is 4.42 Å². The van der Waals surface area contributed by atoms with Crippen molar-refractivity contribution in [1.82, 2.24) is 9.55 Å². The number of nitrogens with zero attached hydrogens (tertiary/aromatic N) is 2. The molecule has 0 aliphatic heterocycles. The van der Waals surface area contributed by atoms with Gasteiger partial charge in [-0.2, -0.15) is 0 Å². The van der Waals surface area contributed by atoms with Crippen LogP contribution < -0.4 is 5.56 Å². The van der Waals surface area contributed by atoms with E-state index in [0.717, 1.165) is 17.2 Å². The largest absolute Gasteiger partial charge is 0.464 e. The summed E-state index contributed by atoms with van der Waals surface area (Å²) in [5, 5.41) is 0. The molecular formula is C11H11IN2O2. The number of aryl methyl sites for hydroxylation is 2. The Morgan fingerprint density at radius 3 is 2.81 bits per heavy atom. The van der Waals surface area contributed by atoms with E-state index < -0.39 is 0 Å². The first-order valence-electron chi connectivity index (χ1n) is 4.85. The molecule has 4 nitrogen and oxygen atoms in total. The lowest BCUT2D eigenvalue weighted by Gasteiger charge is -2.04. The van der Waals surface area contributed by atoms with Crippen LogP contribution in [0.5, 0.6) is 0 Å². The zero-order chi connectivity index (χ0) is 11.7. The SMILES string of the molecule is Cc1ccc(Cn2cnc(C)c(I)c2=O)o1. The van der Waals surface area contributed by atoms with Gasteiger partial charge in [-0.25, -0.2) is 4.98 Å². The van der Waals surface area contributed by atoms with E-state index in [2.05, 4.69) is 4.98 Å². The molecule has 84 valence electrons. The van der Waals surface area contributed by atoms with Crippen LogP contribution in [0.1, 0.15) is 17.2 Å². The van der Waals surface area contributed by atoms with Crippen LogP contribution in [0, 0.1) is 17.4 Å². The van der Waals surface area contributed by atoms with Gasteiger partial charge in [-0.1, -0.05) is 0 Å². The molecule has 0 amide bonds. The van der Waals surface area contributed by atoms with Gasteiger partial charge in [-0.3, -0.25) is 9.36 Å². The minimum Gasteiger partial charge on any atom is -0.464 e. The Labute approximate surface area is 106 Å². The molecule has 2 aromatic rings. The number of hydrogen-bond acceptors (Lipinski definition) is 3. The molecule has 0 radical (unpaired) electrons. The van der Waals surface area contributed by atoms with Crippen molar-refractivity contribution in [2.24, 2.45) is 0 Å². The summed E-state index contributed by atoms with van der Waals surface area (Å²) < 4.78 is 7.63. The quantitative estimate of drug-likeness (QED) is 0.793. The van der Waals surface area contributed by atoms with Gasteiger partial charge in [0.2, 0.25) is 0 Å². The van der Waals surface area contributed by atoms with Crippen LogP contribution in [0.3, 0.4) is 0 Å². The average molecular weight is 330 g/mol. The van der Waals surface area contributed by atoms with Crippen molar-refractivity contribution in [3.63, 3.8) is 0 Å². The normalized spacial score (nSPS) is 10.7. The molecular weight excluding hydrogens is 319 g/mol. The first-order valence-corrected chi connectivity index (χ1v) is 5.92. The molecule has 0 fully saturated rings. The van der Waals surface area contributed by atoms with Gasteiger partial charge >= 0.3 is 0 Å². The molecule has 5 heteroatoms. The summed E-state index contributed by atoms with van der Waals surface area (Å²) in [6.45, 7) is 4.13. The van der Waals surface area contributed by atoms with Gasteiger partial charge in [0.25, 0.3) is 5.56 Å². The topological polar surface area (TPSA) is 48.0 Å². The minimum atomic E-state index is -0.0258. The first-order chi connectivity index (χ1) is 7.58. The van der Waals surface area contributed by atoms with Crippen LogP contribution in [0.15, 0.2) is 27.7 Å². The highest BCUT2D eigenvalue weighted by molar-refractivity contribution is 14.1. The maximum absolute atomic E-state index is 11.9. The highest BCUT2D eigenvalue weighted by Gasteiger charge is 2.07. The molecule has 0 saturated heterocycles. The standard InChI is InChI=1S/C11H11IN2O2/c1-7-3-4-9(16-7)5-14-6-13-8(2)10(12)11(14)15/h3-4,6H,5H2,1-2H3. The van der Waals surface area contributed by atoms with Crippen molar-refractivity contribution in [2.45, 2.75) is 20.4 Å². The predicted octanol–water partition coefficient (Wildman–Crippen LogP) is 2.11. The highest BCUT2D eigenvalue weighted by atomic mass is 127. The van der Waals surface area contributed by atoms with Crippen molar-refractivity contribution in [1.29, 1.82) is 0 Å². The highest BCUT2D eigenvalue weighted by Crippen LogP contribution is 2.08. The van der Waals surface area contributed by atoms with E-state index in [-0.39, 0.29) is 5.56 Å². The van der Waals surface area contributed by atoms with Gasteiger partial charge in [-0.05, 0) is 48.6 Å². The molecule has 0 unspecified atom stereocenters. The summed E-state index contributed by atoms with van der Waals surface area (Å²) in [5.41, 5.74) is 0.736. The number of hydrogen-bond donors (Lipinski definition) is 0. The van der Waals surface area contributed by atoms with Crippen LogP contribution >= 0.6 is 22.6 Å². The Kier molecular flexibility index (Phi) is 3.13. The molecule has 0 N–H and O–H groups in total. The van der Waals surface area contributed by atoms with Gasteiger partial charge in [0.15, 0.2) is 0 Å².